The summed E-state index contributed by atoms with van der Waals surface area (Å²) in [6.07, 6.45) is 45.6. The summed E-state index contributed by atoms with van der Waals surface area (Å²) in [5.41, 5.74) is 27.6. The summed E-state index contributed by atoms with van der Waals surface area (Å²) < 4.78 is 55.3. The molecule has 7 rings (SSSR count). The van der Waals surface area contributed by atoms with Crippen LogP contribution in [0.5, 0.6) is 34.5 Å². The van der Waals surface area contributed by atoms with Gasteiger partial charge in [0.25, 0.3) is 0 Å². The van der Waals surface area contributed by atoms with Crippen LogP contribution in [0.4, 0.5) is 0 Å². The molecule has 0 spiro atoms. The fourth-order valence-corrected chi connectivity index (χ4v) is 16.7. The van der Waals surface area contributed by atoms with E-state index in [1.807, 2.05) is 45.9 Å². The summed E-state index contributed by atoms with van der Waals surface area (Å²) in [6.45, 7) is 58.3. The van der Waals surface area contributed by atoms with E-state index < -0.39 is 9.84 Å². The number of aryl methyl sites for hydroxylation is 1. The Balaban J connectivity index is 0.000000310. The number of ether oxygens (including phenoxy) is 3. The molecule has 0 amide bonds. The topological polar surface area (TPSA) is 101 Å². The van der Waals surface area contributed by atoms with Gasteiger partial charge in [0.15, 0.2) is 9.84 Å². The van der Waals surface area contributed by atoms with Crippen molar-refractivity contribution in [2.24, 2.45) is 5.92 Å². The van der Waals surface area contributed by atoms with E-state index in [1.54, 1.807) is 12.1 Å². The summed E-state index contributed by atoms with van der Waals surface area (Å²) >= 11 is 0. The largest absolute Gasteiger partial charge is 0.507 e. The van der Waals surface area contributed by atoms with Crippen molar-refractivity contribution in [1.29, 1.82) is 0 Å². The van der Waals surface area contributed by atoms with Gasteiger partial charge in [-0.3, -0.25) is 0 Å². The molecular weight excluding hydrogens is 1390 g/mol. The van der Waals surface area contributed by atoms with Crippen molar-refractivity contribution in [2.45, 2.75) is 356 Å². The lowest BCUT2D eigenvalue weighted by Crippen LogP contribution is -2.37. The lowest BCUT2D eigenvalue weighted by Gasteiger charge is -2.38. The molecular formula is C97H148O8P2S. The van der Waals surface area contributed by atoms with Crippen LogP contribution in [0.25, 0.3) is 0 Å². The highest BCUT2D eigenvalue weighted by atomic mass is 32.2. The van der Waals surface area contributed by atoms with Gasteiger partial charge in [0.05, 0.1) is 29.6 Å². The highest BCUT2D eigenvalue weighted by molar-refractivity contribution is 7.91. The number of phenols is 1. The molecule has 0 saturated heterocycles. The molecule has 6 atom stereocenters. The molecule has 0 fully saturated rings. The van der Waals surface area contributed by atoms with E-state index in [4.69, 9.17) is 23.3 Å². The zero-order chi connectivity index (χ0) is 81.0. The maximum Gasteiger partial charge on any atom is 0.181 e. The molecule has 3 aliphatic rings. The Kier molecular flexibility index (Phi) is 39.4. The molecule has 0 radical (unpaired) electrons. The molecule has 11 heteroatoms. The third-order valence-electron chi connectivity index (χ3n) is 23.2. The summed E-state index contributed by atoms with van der Waals surface area (Å²) in [4.78, 5) is 0.399. The van der Waals surface area contributed by atoms with E-state index >= 15 is 0 Å². The molecule has 8 nitrogen and oxygen atoms in total. The highest BCUT2D eigenvalue weighted by Crippen LogP contribution is 2.48. The van der Waals surface area contributed by atoms with Gasteiger partial charge in [-0.05, 0) is 389 Å². The maximum atomic E-state index is 12.2. The highest BCUT2D eigenvalue weighted by Gasteiger charge is 2.37. The molecule has 0 aromatic heterocycles. The first kappa shape index (κ1) is 94.5. The van der Waals surface area contributed by atoms with E-state index in [2.05, 4.69) is 227 Å². The summed E-state index contributed by atoms with van der Waals surface area (Å²) in [6, 6.07) is 7.02. The second-order valence-corrected chi connectivity index (χ2v) is 36.1. The average Bonchev–Trinajstić information content (AvgIpc) is 0.774. The fraction of sp³-hybridized carbons (Fsp3) is 0.567. The zero-order valence-electron chi connectivity index (χ0n) is 72.9. The number of aromatic hydroxyl groups is 1. The van der Waals surface area contributed by atoms with Crippen molar-refractivity contribution >= 4 is 28.8 Å². The number of hydrogen-bond donors (Lipinski definition) is 1. The Morgan fingerprint density at radius 1 is 0.444 bits per heavy atom. The van der Waals surface area contributed by atoms with Crippen LogP contribution in [-0.4, -0.2) is 36.1 Å². The standard InChI is InChI=1S/C31H49O2P.C29H44O2.C20H31O2P.C17H24O2S/c1-10-27(17-16-22(4)14-11-13-21(2)3)23(5)15-12-19-31(9)20-18-28-26(8)29(33-34)24(6)25(7)30(28)32-31;1-20(2)12-9-13-21(3)14-10-15-22(4)16-11-18-29(8)19-17-26-25(7)27(30)23(5)24(6)28(26)31-29;1-7-13(2)9-8-11-20(6)12-10-17-16(5)18(22-23)14(3)15(4)19(17)21-20;1-14(2)6-5-7-15(3)12-13-20(18,19)17-10-8-16(4)9-11-17/h13,15-16,27H,10-12,14,17-20,34H2,1-9H3;12,14,16,30H,9-11,13,15,17-19H2,1-8H3;9H,7-8,10-12,23H2,1-6H3;6,8-12H,5,7,13H2,1-4H3/b22-16+,23-15+;21-14+,22-16+;13-9+;15-12+/t27?,31-;29-;20-;/m111./s1. The van der Waals surface area contributed by atoms with Crippen LogP contribution in [0.15, 0.2) is 134 Å². The van der Waals surface area contributed by atoms with Gasteiger partial charge in [-0.1, -0.05) is 136 Å². The minimum absolute atomic E-state index is 0.0650. The fourth-order valence-electron chi connectivity index (χ4n) is 14.7. The first-order valence-electron chi connectivity index (χ1n) is 40.7. The van der Waals surface area contributed by atoms with Gasteiger partial charge in [0.2, 0.25) is 0 Å². The van der Waals surface area contributed by atoms with E-state index in [-0.39, 0.29) is 22.6 Å². The van der Waals surface area contributed by atoms with Gasteiger partial charge in [-0.15, -0.1) is 0 Å². The normalized spacial score (nSPS) is 18.3. The molecule has 600 valence electrons. The van der Waals surface area contributed by atoms with Crippen LogP contribution in [0, 0.1) is 75.2 Å². The number of fused-ring (bicyclic) bond motifs is 3. The minimum Gasteiger partial charge on any atom is -0.507 e. The second-order valence-electron chi connectivity index (χ2n) is 33.6. The molecule has 3 heterocycles. The lowest BCUT2D eigenvalue weighted by molar-refractivity contribution is 0.0556. The van der Waals surface area contributed by atoms with Crippen molar-refractivity contribution in [1.82, 2.24) is 0 Å². The molecule has 0 aliphatic carbocycles. The summed E-state index contributed by atoms with van der Waals surface area (Å²) in [7, 11) is 1.58. The van der Waals surface area contributed by atoms with Crippen molar-refractivity contribution in [2.75, 3.05) is 5.75 Å². The summed E-state index contributed by atoms with van der Waals surface area (Å²) in [5, 5.41) is 10.4. The van der Waals surface area contributed by atoms with Gasteiger partial charge >= 0.3 is 0 Å². The third-order valence-corrected chi connectivity index (χ3v) is 25.3. The molecule has 4 aromatic rings. The Bertz CT molecular complexity index is 4040. The Morgan fingerprint density at radius 2 is 0.787 bits per heavy atom. The summed E-state index contributed by atoms with van der Waals surface area (Å²) in [5.74, 6) is 6.32. The van der Waals surface area contributed by atoms with E-state index in [0.717, 1.165) is 185 Å². The van der Waals surface area contributed by atoms with Gasteiger partial charge in [-0.25, -0.2) is 8.42 Å². The van der Waals surface area contributed by atoms with Crippen LogP contribution in [-0.2, 0) is 29.1 Å². The molecule has 3 unspecified atom stereocenters. The number of allylic oxidation sites excluding steroid dienone is 17. The molecule has 4 aromatic carbocycles. The number of phenolic OH excluding ortho intramolecular Hbond substituents is 1. The molecule has 0 saturated carbocycles. The number of rotatable bonds is 31. The second kappa shape index (κ2) is 45.0. The minimum atomic E-state index is -3.21. The first-order valence-corrected chi connectivity index (χ1v) is 43.3. The lowest BCUT2D eigenvalue weighted by atomic mass is 9.84. The zero-order valence-corrected chi connectivity index (χ0v) is 76.0. The maximum absolute atomic E-state index is 12.2. The molecule has 0 bridgehead atoms. The molecule has 3 aliphatic heterocycles. The third kappa shape index (κ3) is 29.4. The average molecular weight is 1540 g/mol. The van der Waals surface area contributed by atoms with Crippen LogP contribution >= 0.6 is 18.9 Å². The van der Waals surface area contributed by atoms with Crippen molar-refractivity contribution in [3.8, 4) is 34.5 Å². The number of sulfone groups is 1. The van der Waals surface area contributed by atoms with Crippen LogP contribution in [0.1, 0.15) is 318 Å². The van der Waals surface area contributed by atoms with Crippen molar-refractivity contribution in [3.63, 3.8) is 0 Å². The van der Waals surface area contributed by atoms with Gasteiger partial charge in [0, 0.05) is 16.7 Å². The predicted octanol–water partition coefficient (Wildman–Crippen LogP) is 28.8. The smallest absolute Gasteiger partial charge is 0.181 e. The number of benzene rings is 4. The predicted molar refractivity (Wildman–Crippen MR) is 474 cm³/mol. The van der Waals surface area contributed by atoms with Crippen molar-refractivity contribution in [3.05, 3.63) is 201 Å². The van der Waals surface area contributed by atoms with E-state index in [0.29, 0.717) is 16.6 Å². The molecule has 108 heavy (non-hydrogen) atoms. The van der Waals surface area contributed by atoms with E-state index in [1.165, 1.54) is 114 Å². The van der Waals surface area contributed by atoms with Crippen LogP contribution in [0.2, 0.25) is 0 Å². The molecule has 1 N–H and O–H groups in total. The monoisotopic (exact) mass is 1540 g/mol. The van der Waals surface area contributed by atoms with Gasteiger partial charge < -0.3 is 28.4 Å². The van der Waals surface area contributed by atoms with E-state index in [9.17, 15) is 13.5 Å². The Hall–Kier alpha value is -5.85. The van der Waals surface area contributed by atoms with Crippen molar-refractivity contribution < 1.29 is 36.8 Å². The number of hydrogen-bond acceptors (Lipinski definition) is 8. The first-order chi connectivity index (χ1) is 50.7. The quantitative estimate of drug-likeness (QED) is 0.0393. The van der Waals surface area contributed by atoms with Crippen LogP contribution < -0.4 is 23.3 Å². The van der Waals surface area contributed by atoms with Gasteiger partial charge in [0.1, 0.15) is 51.3 Å². The van der Waals surface area contributed by atoms with Gasteiger partial charge in [-0.2, -0.15) is 0 Å². The Labute approximate surface area is 665 Å². The van der Waals surface area contributed by atoms with Crippen LogP contribution in [0.3, 0.4) is 0 Å². The SMILES string of the molecule is CC(C)=CCC/C(C)=C/CC/C(C)=C/CC[C@]1(C)CCc2c(C)c(O)c(C)c(C)c2O1.CC(C)=CCC/C(C)=C/CS(=O)(=O)c1ccc(C)cc1.CC/C(C)=C/CC[C@]1(C)CCc2c(C)c(OP)c(C)c(C)c2O1.CCC(C/C=C(\C)CCC=C(C)C)/C(C)=C/CC[C@]1(C)CCc2c(C)c(OP)c(C)c(C)c2O1. The Morgan fingerprint density at radius 3 is 1.17 bits per heavy atom.